The highest BCUT2D eigenvalue weighted by molar-refractivity contribution is 6.09. The zero-order chi connectivity index (χ0) is 16.8. The number of rotatable bonds is 0. The van der Waals surface area contributed by atoms with Crippen LogP contribution in [-0.2, 0) is 11.2 Å². The van der Waals surface area contributed by atoms with Gasteiger partial charge < -0.3 is 14.5 Å². The van der Waals surface area contributed by atoms with Gasteiger partial charge in [0, 0.05) is 21.9 Å². The van der Waals surface area contributed by atoms with Gasteiger partial charge in [-0.2, -0.15) is 0 Å². The lowest BCUT2D eigenvalue weighted by Crippen LogP contribution is -2.43. The minimum absolute atomic E-state index is 0.530. The van der Waals surface area contributed by atoms with Gasteiger partial charge in [0.2, 0.25) is 0 Å². The molecule has 0 saturated carbocycles. The Morgan fingerprint density at radius 2 is 1.48 bits per heavy atom. The molecular formula is C22H17NO2. The van der Waals surface area contributed by atoms with E-state index in [9.17, 15) is 0 Å². The second-order valence-electron chi connectivity index (χ2n) is 7.30. The molecule has 0 saturated heterocycles. The minimum Gasteiger partial charge on any atom is -0.478 e. The molecule has 3 heteroatoms. The van der Waals surface area contributed by atoms with Crippen molar-refractivity contribution in [2.45, 2.75) is 25.0 Å². The zero-order valence-corrected chi connectivity index (χ0v) is 14.1. The lowest BCUT2D eigenvalue weighted by Gasteiger charge is -2.31. The molecule has 0 aliphatic carbocycles. The first-order chi connectivity index (χ1) is 12.1. The van der Waals surface area contributed by atoms with Crippen LogP contribution in [0.5, 0.6) is 11.5 Å². The highest BCUT2D eigenvalue weighted by Gasteiger charge is 2.63. The van der Waals surface area contributed by atoms with Crippen molar-refractivity contribution in [2.75, 3.05) is 0 Å². The molecule has 4 aromatic rings. The van der Waals surface area contributed by atoms with Gasteiger partial charge in [0.05, 0.1) is 11.1 Å². The first-order valence-electron chi connectivity index (χ1n) is 8.63. The van der Waals surface area contributed by atoms with E-state index in [1.54, 1.807) is 0 Å². The summed E-state index contributed by atoms with van der Waals surface area (Å²) in [4.78, 5) is 3.60. The molecule has 0 spiro atoms. The van der Waals surface area contributed by atoms with Gasteiger partial charge in [-0.3, -0.25) is 0 Å². The number of aromatic amines is 1. The number of ether oxygens (including phenoxy) is 2. The lowest BCUT2D eigenvalue weighted by atomic mass is 9.79. The van der Waals surface area contributed by atoms with Gasteiger partial charge in [0.15, 0.2) is 11.2 Å². The maximum absolute atomic E-state index is 6.51. The van der Waals surface area contributed by atoms with Crippen LogP contribution in [0.2, 0.25) is 0 Å². The van der Waals surface area contributed by atoms with Gasteiger partial charge in [-0.15, -0.1) is 0 Å². The second-order valence-corrected chi connectivity index (χ2v) is 7.30. The van der Waals surface area contributed by atoms with Crippen LogP contribution in [-0.4, -0.2) is 4.98 Å². The number of hydrogen-bond acceptors (Lipinski definition) is 2. The van der Waals surface area contributed by atoms with E-state index < -0.39 is 11.2 Å². The molecule has 2 atom stereocenters. The average Bonchev–Trinajstić information content (AvgIpc) is 3.16. The standard InChI is InChI=1S/C22H17NO2/c1-21-15-8-4-6-10-17(15)24-22(21,2)19-18(25-21)12-11-14-13-7-3-5-9-16(13)23-20(14)19/h3-12,23H,1-2H3/t21-,22-/m1/s1. The molecule has 0 bridgehead atoms. The van der Waals surface area contributed by atoms with Crippen LogP contribution in [0.15, 0.2) is 60.7 Å². The highest BCUT2D eigenvalue weighted by atomic mass is 16.6. The van der Waals surface area contributed by atoms with Crippen molar-refractivity contribution in [1.82, 2.24) is 4.98 Å². The summed E-state index contributed by atoms with van der Waals surface area (Å²) >= 11 is 0. The SMILES string of the molecule is C[C@]12Oc3ccc4c([nH]c5ccccc54)c3[C@@]1(C)Oc1ccccc12. The number of aromatic nitrogens is 1. The number of H-pyrrole nitrogens is 1. The Morgan fingerprint density at radius 3 is 2.40 bits per heavy atom. The molecule has 6 rings (SSSR count). The highest BCUT2D eigenvalue weighted by Crippen LogP contribution is 2.62. The average molecular weight is 327 g/mol. The fraction of sp³-hybridized carbons (Fsp3) is 0.182. The minimum atomic E-state index is -0.563. The van der Waals surface area contributed by atoms with E-state index in [-0.39, 0.29) is 0 Å². The molecule has 25 heavy (non-hydrogen) atoms. The quantitative estimate of drug-likeness (QED) is 0.479. The maximum atomic E-state index is 6.51. The predicted molar refractivity (Wildman–Crippen MR) is 98.2 cm³/mol. The number of hydrogen-bond donors (Lipinski definition) is 1. The molecule has 0 radical (unpaired) electrons. The molecule has 3 aromatic carbocycles. The van der Waals surface area contributed by atoms with Crippen molar-refractivity contribution in [2.24, 2.45) is 0 Å². The van der Waals surface area contributed by atoms with Crippen LogP contribution in [0.25, 0.3) is 21.8 Å². The molecule has 0 unspecified atom stereocenters. The molecule has 2 aliphatic rings. The van der Waals surface area contributed by atoms with Crippen molar-refractivity contribution >= 4 is 21.8 Å². The van der Waals surface area contributed by atoms with E-state index >= 15 is 0 Å². The van der Waals surface area contributed by atoms with E-state index in [2.05, 4.69) is 61.3 Å². The van der Waals surface area contributed by atoms with Gasteiger partial charge in [-0.1, -0.05) is 36.4 Å². The van der Waals surface area contributed by atoms with Crippen LogP contribution in [0.3, 0.4) is 0 Å². The van der Waals surface area contributed by atoms with Crippen LogP contribution in [0.4, 0.5) is 0 Å². The van der Waals surface area contributed by atoms with E-state index in [1.165, 1.54) is 10.8 Å². The molecule has 0 fully saturated rings. The van der Waals surface area contributed by atoms with E-state index in [4.69, 9.17) is 9.47 Å². The summed E-state index contributed by atoms with van der Waals surface area (Å²) in [6.45, 7) is 4.27. The van der Waals surface area contributed by atoms with Crippen LogP contribution < -0.4 is 9.47 Å². The number of fused-ring (bicyclic) bond motifs is 9. The molecule has 3 heterocycles. The fourth-order valence-electron chi connectivity index (χ4n) is 4.64. The summed E-state index contributed by atoms with van der Waals surface area (Å²) in [7, 11) is 0. The van der Waals surface area contributed by atoms with Gasteiger partial charge in [-0.05, 0) is 38.1 Å². The number of para-hydroxylation sites is 2. The summed E-state index contributed by atoms with van der Waals surface area (Å²) in [6.07, 6.45) is 0. The lowest BCUT2D eigenvalue weighted by molar-refractivity contribution is -0.0465. The third kappa shape index (κ3) is 1.36. The Hall–Kier alpha value is -2.94. The maximum Gasteiger partial charge on any atom is 0.180 e. The van der Waals surface area contributed by atoms with Crippen molar-refractivity contribution in [3.63, 3.8) is 0 Å². The Kier molecular flexibility index (Phi) is 2.14. The molecule has 1 aromatic heterocycles. The predicted octanol–water partition coefficient (Wildman–Crippen LogP) is 5.24. The molecule has 122 valence electrons. The number of benzene rings is 3. The molecule has 1 N–H and O–H groups in total. The summed E-state index contributed by atoms with van der Waals surface area (Å²) in [6, 6.07) is 20.8. The Bertz CT molecular complexity index is 1190. The first-order valence-corrected chi connectivity index (χ1v) is 8.63. The third-order valence-electron chi connectivity index (χ3n) is 6.06. The molecular weight excluding hydrogens is 310 g/mol. The van der Waals surface area contributed by atoms with Gasteiger partial charge in [0.25, 0.3) is 0 Å². The van der Waals surface area contributed by atoms with Gasteiger partial charge in [-0.25, -0.2) is 0 Å². The van der Waals surface area contributed by atoms with Crippen molar-refractivity contribution < 1.29 is 9.47 Å². The zero-order valence-electron chi connectivity index (χ0n) is 14.1. The molecule has 3 nitrogen and oxygen atoms in total. The topological polar surface area (TPSA) is 34.2 Å². The molecule has 2 aliphatic heterocycles. The Balaban J connectivity index is 1.72. The van der Waals surface area contributed by atoms with Gasteiger partial charge >= 0.3 is 0 Å². The van der Waals surface area contributed by atoms with Crippen LogP contribution in [0.1, 0.15) is 25.0 Å². The summed E-state index contributed by atoms with van der Waals surface area (Å²) in [5.74, 6) is 1.81. The second kappa shape index (κ2) is 3.99. The van der Waals surface area contributed by atoms with Crippen molar-refractivity contribution in [3.05, 3.63) is 71.8 Å². The monoisotopic (exact) mass is 327 g/mol. The Morgan fingerprint density at radius 1 is 0.720 bits per heavy atom. The largest absolute Gasteiger partial charge is 0.478 e. The summed E-state index contributed by atoms with van der Waals surface area (Å²) < 4.78 is 13.0. The van der Waals surface area contributed by atoms with Crippen LogP contribution >= 0.6 is 0 Å². The van der Waals surface area contributed by atoms with Crippen molar-refractivity contribution in [1.29, 1.82) is 0 Å². The molecule has 0 amide bonds. The normalized spacial score (nSPS) is 26.2. The first kappa shape index (κ1) is 13.4. The smallest absolute Gasteiger partial charge is 0.180 e. The fourth-order valence-corrected chi connectivity index (χ4v) is 4.64. The summed E-state index contributed by atoms with van der Waals surface area (Å²) in [5, 5.41) is 2.44. The van der Waals surface area contributed by atoms with E-state index in [1.807, 2.05) is 18.2 Å². The third-order valence-corrected chi connectivity index (χ3v) is 6.06. The van der Waals surface area contributed by atoms with Crippen LogP contribution in [0, 0.1) is 0 Å². The van der Waals surface area contributed by atoms with E-state index in [0.717, 1.165) is 33.7 Å². The number of nitrogens with one attached hydrogen (secondary N) is 1. The van der Waals surface area contributed by atoms with E-state index in [0.29, 0.717) is 0 Å². The Labute approximate surface area is 145 Å². The van der Waals surface area contributed by atoms with Crippen molar-refractivity contribution in [3.8, 4) is 11.5 Å². The van der Waals surface area contributed by atoms with Gasteiger partial charge in [0.1, 0.15) is 11.5 Å². The summed E-state index contributed by atoms with van der Waals surface area (Å²) in [5.41, 5.74) is 3.37.